The van der Waals surface area contributed by atoms with Gasteiger partial charge in [-0.3, -0.25) is 4.79 Å². The number of nitrogens with zero attached hydrogens (tertiary/aromatic N) is 1. The van der Waals surface area contributed by atoms with Gasteiger partial charge in [-0.25, -0.2) is 0 Å². The van der Waals surface area contributed by atoms with Crippen molar-refractivity contribution >= 4 is 19.9 Å². The molecule has 1 saturated heterocycles. The van der Waals surface area contributed by atoms with Crippen molar-refractivity contribution in [3.63, 3.8) is 0 Å². The maximum Gasteiger partial charge on any atom is 0.305 e. The van der Waals surface area contributed by atoms with E-state index in [4.69, 9.17) is 4.74 Å². The maximum absolute atomic E-state index is 11.4. The van der Waals surface area contributed by atoms with Crippen LogP contribution in [0.15, 0.2) is 30.3 Å². The number of esters is 1. The third kappa shape index (κ3) is 3.59. The Balaban J connectivity index is 2.26. The van der Waals surface area contributed by atoms with E-state index in [9.17, 15) is 4.79 Å². The van der Waals surface area contributed by atoms with Crippen LogP contribution in [0.3, 0.4) is 0 Å². The van der Waals surface area contributed by atoms with E-state index >= 15 is 0 Å². The Morgan fingerprint density at radius 1 is 1.16 bits per heavy atom. The first-order valence-corrected chi connectivity index (χ1v) is 10.4. The van der Waals surface area contributed by atoms with Gasteiger partial charge in [-0.15, -0.1) is 0 Å². The fourth-order valence-corrected chi connectivity index (χ4v) is 5.08. The molecule has 1 aromatic rings. The van der Waals surface area contributed by atoms with Crippen LogP contribution in [0.25, 0.3) is 0 Å². The summed E-state index contributed by atoms with van der Waals surface area (Å²) in [6, 6.07) is 11.0. The number of ether oxygens (including phenoxy) is 1. The zero-order valence-corrected chi connectivity index (χ0v) is 13.1. The van der Waals surface area contributed by atoms with Crippen LogP contribution in [0, 0.1) is 0 Å². The molecule has 104 valence electrons. The summed E-state index contributed by atoms with van der Waals surface area (Å²) in [5, 5.41) is 0. The second-order valence-corrected chi connectivity index (χ2v) is 10.9. The van der Waals surface area contributed by atoms with Crippen molar-refractivity contribution in [2.24, 2.45) is 0 Å². The van der Waals surface area contributed by atoms with Gasteiger partial charge in [-0.1, -0.05) is 37.8 Å². The molecular weight excluding hydrogens is 254 g/mol. The molecular formula is C15H23NO2Si. The Labute approximate surface area is 116 Å². The predicted molar refractivity (Wildman–Crippen MR) is 80.9 cm³/mol. The van der Waals surface area contributed by atoms with Crippen LogP contribution in [0.1, 0.15) is 19.3 Å². The lowest BCUT2D eigenvalue weighted by Gasteiger charge is -2.42. The monoisotopic (exact) mass is 277 g/mol. The van der Waals surface area contributed by atoms with Crippen LogP contribution in [0.5, 0.6) is 0 Å². The lowest BCUT2D eigenvalue weighted by atomic mass is 10.1. The number of hydrogen-bond acceptors (Lipinski definition) is 3. The van der Waals surface area contributed by atoms with E-state index < -0.39 is 8.24 Å². The number of cyclic esters (lactones) is 1. The Morgan fingerprint density at radius 2 is 1.84 bits per heavy atom. The minimum absolute atomic E-state index is 0.0499. The van der Waals surface area contributed by atoms with E-state index in [2.05, 4.69) is 48.5 Å². The van der Waals surface area contributed by atoms with Gasteiger partial charge in [0.15, 0.2) is 0 Å². The van der Waals surface area contributed by atoms with E-state index in [-0.39, 0.29) is 5.97 Å². The summed E-state index contributed by atoms with van der Waals surface area (Å²) in [5.41, 5.74) is 1.28. The fourth-order valence-electron chi connectivity index (χ4n) is 2.80. The molecule has 1 heterocycles. The zero-order valence-electron chi connectivity index (χ0n) is 12.1. The first-order valence-electron chi connectivity index (χ1n) is 6.98. The molecule has 1 aromatic carbocycles. The number of hydrogen-bond donors (Lipinski definition) is 0. The minimum Gasteiger partial charge on any atom is -0.466 e. The largest absolute Gasteiger partial charge is 0.466 e. The second-order valence-electron chi connectivity index (χ2n) is 6.08. The van der Waals surface area contributed by atoms with Gasteiger partial charge in [0.25, 0.3) is 0 Å². The molecule has 0 saturated carbocycles. The van der Waals surface area contributed by atoms with Crippen molar-refractivity contribution in [1.82, 2.24) is 0 Å². The SMILES string of the molecule is C[Si](C)(C)N(c1ccccc1)C1CCOC(=O)CC1. The molecule has 0 spiro atoms. The van der Waals surface area contributed by atoms with Crippen molar-refractivity contribution in [3.8, 4) is 0 Å². The molecule has 1 unspecified atom stereocenters. The predicted octanol–water partition coefficient (Wildman–Crippen LogP) is 3.42. The van der Waals surface area contributed by atoms with Gasteiger partial charge in [0, 0.05) is 24.6 Å². The number of carbonyl (C=O) groups excluding carboxylic acids is 1. The molecule has 19 heavy (non-hydrogen) atoms. The number of rotatable bonds is 3. The standard InChI is InChI=1S/C15H23NO2Si/c1-19(2,3)16(13-7-5-4-6-8-13)14-9-10-15(17)18-12-11-14/h4-8,14H,9-12H2,1-3H3. The van der Waals surface area contributed by atoms with Gasteiger partial charge in [0.2, 0.25) is 0 Å². The molecule has 3 nitrogen and oxygen atoms in total. The Kier molecular flexibility index (Phi) is 4.30. The van der Waals surface area contributed by atoms with Crippen molar-refractivity contribution in [2.75, 3.05) is 11.2 Å². The number of carbonyl (C=O) groups is 1. The Hall–Kier alpha value is -1.29. The fraction of sp³-hybridized carbons (Fsp3) is 0.533. The number of benzene rings is 1. The smallest absolute Gasteiger partial charge is 0.305 e. The third-order valence-corrected chi connectivity index (χ3v) is 5.59. The zero-order chi connectivity index (χ0) is 13.9. The highest BCUT2D eigenvalue weighted by Crippen LogP contribution is 2.28. The van der Waals surface area contributed by atoms with Crippen molar-refractivity contribution in [3.05, 3.63) is 30.3 Å². The van der Waals surface area contributed by atoms with Gasteiger partial charge in [0.1, 0.15) is 8.24 Å². The van der Waals surface area contributed by atoms with E-state index in [1.165, 1.54) is 5.69 Å². The van der Waals surface area contributed by atoms with Crippen LogP contribution in [-0.2, 0) is 9.53 Å². The van der Waals surface area contributed by atoms with E-state index in [1.54, 1.807) is 0 Å². The highest BCUT2D eigenvalue weighted by Gasteiger charge is 2.32. The van der Waals surface area contributed by atoms with Crippen LogP contribution in [0.2, 0.25) is 19.6 Å². The quantitative estimate of drug-likeness (QED) is 0.626. The van der Waals surface area contributed by atoms with Crippen LogP contribution in [-0.4, -0.2) is 26.9 Å². The molecule has 2 rings (SSSR count). The van der Waals surface area contributed by atoms with E-state index in [0.717, 1.165) is 12.8 Å². The summed E-state index contributed by atoms with van der Waals surface area (Å²) in [5.74, 6) is -0.0499. The summed E-state index contributed by atoms with van der Waals surface area (Å²) >= 11 is 0. The lowest BCUT2D eigenvalue weighted by Crippen LogP contribution is -2.52. The van der Waals surface area contributed by atoms with Gasteiger partial charge in [-0.05, 0) is 18.6 Å². The van der Waals surface area contributed by atoms with Gasteiger partial charge < -0.3 is 9.30 Å². The van der Waals surface area contributed by atoms with Gasteiger partial charge in [-0.2, -0.15) is 0 Å². The number of anilines is 1. The minimum atomic E-state index is -1.49. The summed E-state index contributed by atoms with van der Waals surface area (Å²) in [6.45, 7) is 7.62. The molecule has 0 radical (unpaired) electrons. The molecule has 0 aliphatic carbocycles. The summed E-state index contributed by atoms with van der Waals surface area (Å²) in [7, 11) is -1.49. The van der Waals surface area contributed by atoms with E-state index in [1.807, 2.05) is 6.07 Å². The third-order valence-electron chi connectivity index (χ3n) is 3.52. The molecule has 4 heteroatoms. The molecule has 0 bridgehead atoms. The second kappa shape index (κ2) is 5.78. The van der Waals surface area contributed by atoms with E-state index in [0.29, 0.717) is 19.1 Å². The maximum atomic E-state index is 11.4. The van der Waals surface area contributed by atoms with Crippen LogP contribution >= 0.6 is 0 Å². The van der Waals surface area contributed by atoms with Crippen molar-refractivity contribution in [2.45, 2.75) is 44.9 Å². The summed E-state index contributed by atoms with van der Waals surface area (Å²) < 4.78 is 7.75. The summed E-state index contributed by atoms with van der Waals surface area (Å²) in [6.07, 6.45) is 2.38. The van der Waals surface area contributed by atoms with Crippen LogP contribution in [0.4, 0.5) is 5.69 Å². The highest BCUT2D eigenvalue weighted by molar-refractivity contribution is 6.79. The average Bonchev–Trinajstić information content (AvgIpc) is 2.55. The molecule has 1 atom stereocenters. The van der Waals surface area contributed by atoms with Crippen molar-refractivity contribution < 1.29 is 9.53 Å². The first kappa shape index (κ1) is 14.1. The Morgan fingerprint density at radius 3 is 2.47 bits per heavy atom. The first-order chi connectivity index (χ1) is 8.98. The van der Waals surface area contributed by atoms with Gasteiger partial charge >= 0.3 is 5.97 Å². The Bertz CT molecular complexity index is 428. The molecule has 1 aliphatic rings. The van der Waals surface area contributed by atoms with Crippen molar-refractivity contribution in [1.29, 1.82) is 0 Å². The molecule has 0 N–H and O–H groups in total. The lowest BCUT2D eigenvalue weighted by molar-refractivity contribution is -0.142. The summed E-state index contributed by atoms with van der Waals surface area (Å²) in [4.78, 5) is 11.4. The average molecular weight is 277 g/mol. The molecule has 0 amide bonds. The highest BCUT2D eigenvalue weighted by atomic mass is 28.3. The number of para-hydroxylation sites is 1. The topological polar surface area (TPSA) is 29.5 Å². The van der Waals surface area contributed by atoms with Gasteiger partial charge in [0.05, 0.1) is 6.61 Å². The normalized spacial score (nSPS) is 20.6. The van der Waals surface area contributed by atoms with Crippen LogP contribution < -0.4 is 4.57 Å². The molecule has 1 aliphatic heterocycles. The molecule has 0 aromatic heterocycles. The molecule has 1 fully saturated rings.